The van der Waals surface area contributed by atoms with Crippen molar-refractivity contribution in [1.82, 2.24) is 15.1 Å². The first-order chi connectivity index (χ1) is 12.0. The molecule has 0 aliphatic heterocycles. The molecule has 0 saturated heterocycles. The van der Waals surface area contributed by atoms with Gasteiger partial charge in [-0.2, -0.15) is 5.10 Å². The summed E-state index contributed by atoms with van der Waals surface area (Å²) in [7, 11) is 1.96. The summed E-state index contributed by atoms with van der Waals surface area (Å²) >= 11 is 0. The number of rotatable bonds is 5. The number of nitrogens with zero attached hydrogens (tertiary/aromatic N) is 2. The summed E-state index contributed by atoms with van der Waals surface area (Å²) in [6, 6.07) is 8.84. The third-order valence-electron chi connectivity index (χ3n) is 6.43. The first kappa shape index (κ1) is 16.4. The van der Waals surface area contributed by atoms with Crippen molar-refractivity contribution >= 4 is 5.91 Å². The maximum absolute atomic E-state index is 12.3. The molecule has 1 spiro atoms. The van der Waals surface area contributed by atoms with E-state index in [0.717, 1.165) is 24.4 Å². The van der Waals surface area contributed by atoms with Crippen LogP contribution in [0.25, 0.3) is 0 Å². The van der Waals surface area contributed by atoms with Gasteiger partial charge in [-0.3, -0.25) is 9.48 Å². The van der Waals surface area contributed by atoms with E-state index in [1.807, 2.05) is 18.7 Å². The van der Waals surface area contributed by atoms with Crippen LogP contribution < -0.4 is 5.32 Å². The van der Waals surface area contributed by atoms with Crippen LogP contribution in [0.3, 0.4) is 0 Å². The molecular weight excluding hydrogens is 310 g/mol. The fraction of sp³-hybridized carbons (Fsp3) is 0.524. The molecule has 2 aliphatic carbocycles. The number of benzene rings is 1. The van der Waals surface area contributed by atoms with Crippen LogP contribution in [-0.4, -0.2) is 22.2 Å². The minimum Gasteiger partial charge on any atom is -0.356 e. The van der Waals surface area contributed by atoms with E-state index in [4.69, 9.17) is 0 Å². The van der Waals surface area contributed by atoms with Crippen molar-refractivity contribution in [2.45, 2.75) is 51.4 Å². The van der Waals surface area contributed by atoms with E-state index in [-0.39, 0.29) is 5.91 Å². The van der Waals surface area contributed by atoms with E-state index >= 15 is 0 Å². The van der Waals surface area contributed by atoms with Crippen LogP contribution in [0.1, 0.15) is 47.3 Å². The summed E-state index contributed by atoms with van der Waals surface area (Å²) in [5.74, 6) is 0.776. The number of carbonyl (C=O) groups excluding carboxylic acids is 1. The fourth-order valence-electron chi connectivity index (χ4n) is 4.74. The highest BCUT2D eigenvalue weighted by Crippen LogP contribution is 2.61. The highest BCUT2D eigenvalue weighted by atomic mass is 16.1. The number of nitrogens with one attached hydrogen (secondary N) is 1. The zero-order chi connectivity index (χ0) is 17.6. The van der Waals surface area contributed by atoms with Gasteiger partial charge in [0.05, 0.1) is 5.69 Å². The number of aryl methyl sites for hydroxylation is 3. The molecular formula is C21H27N3O. The van der Waals surface area contributed by atoms with Gasteiger partial charge in [-0.1, -0.05) is 24.3 Å². The average Bonchev–Trinajstić information content (AvgIpc) is 3.10. The van der Waals surface area contributed by atoms with Crippen molar-refractivity contribution in [3.05, 3.63) is 52.3 Å². The predicted molar refractivity (Wildman–Crippen MR) is 98.6 cm³/mol. The number of aromatic nitrogens is 2. The number of fused-ring (bicyclic) bond motifs is 2. The van der Waals surface area contributed by atoms with Crippen LogP contribution in [-0.2, 0) is 30.1 Å². The Labute approximate surface area is 149 Å². The number of amides is 1. The molecule has 0 bridgehead atoms. The van der Waals surface area contributed by atoms with Gasteiger partial charge >= 0.3 is 0 Å². The second kappa shape index (κ2) is 6.01. The molecule has 2 atom stereocenters. The van der Waals surface area contributed by atoms with Gasteiger partial charge in [-0.05, 0) is 62.1 Å². The lowest BCUT2D eigenvalue weighted by molar-refractivity contribution is -0.121. The molecule has 0 radical (unpaired) electrons. The number of hydrogen-bond acceptors (Lipinski definition) is 2. The van der Waals surface area contributed by atoms with Crippen molar-refractivity contribution in [2.24, 2.45) is 13.0 Å². The highest BCUT2D eigenvalue weighted by molar-refractivity contribution is 5.76. The Hall–Kier alpha value is -2.10. The fourth-order valence-corrected chi connectivity index (χ4v) is 4.74. The maximum Gasteiger partial charge on any atom is 0.220 e. The lowest BCUT2D eigenvalue weighted by Gasteiger charge is -2.12. The topological polar surface area (TPSA) is 46.9 Å². The first-order valence-corrected chi connectivity index (χ1v) is 9.35. The summed E-state index contributed by atoms with van der Waals surface area (Å²) in [6.07, 6.45) is 4.99. The Balaban J connectivity index is 1.29. The monoisotopic (exact) mass is 337 g/mol. The molecule has 1 saturated carbocycles. The van der Waals surface area contributed by atoms with Crippen LogP contribution >= 0.6 is 0 Å². The van der Waals surface area contributed by atoms with Crippen LogP contribution in [0.4, 0.5) is 0 Å². The van der Waals surface area contributed by atoms with Gasteiger partial charge in [-0.15, -0.1) is 0 Å². The molecule has 1 amide bonds. The Morgan fingerprint density at radius 2 is 2.16 bits per heavy atom. The molecule has 2 aliphatic rings. The van der Waals surface area contributed by atoms with Crippen LogP contribution in [0.2, 0.25) is 0 Å². The molecule has 1 aromatic heterocycles. The van der Waals surface area contributed by atoms with Gasteiger partial charge in [0.25, 0.3) is 0 Å². The summed E-state index contributed by atoms with van der Waals surface area (Å²) in [4.78, 5) is 12.3. The number of hydrogen-bond donors (Lipinski definition) is 1. The van der Waals surface area contributed by atoms with Gasteiger partial charge in [-0.25, -0.2) is 0 Å². The minimum absolute atomic E-state index is 0.163. The SMILES string of the molecule is Cc1nn(C)c(C)c1CCC(=O)NC[C@H]1C[C@@]12CCc1ccccc12. The molecule has 1 heterocycles. The van der Waals surface area contributed by atoms with Crippen LogP contribution in [0.5, 0.6) is 0 Å². The molecule has 0 unspecified atom stereocenters. The quantitative estimate of drug-likeness (QED) is 0.912. The summed E-state index contributed by atoms with van der Waals surface area (Å²) in [5, 5.41) is 7.60. The second-order valence-corrected chi connectivity index (χ2v) is 7.79. The summed E-state index contributed by atoms with van der Waals surface area (Å²) in [6.45, 7) is 4.91. The third-order valence-corrected chi connectivity index (χ3v) is 6.43. The van der Waals surface area contributed by atoms with Crippen molar-refractivity contribution in [2.75, 3.05) is 6.54 Å². The first-order valence-electron chi connectivity index (χ1n) is 9.35. The van der Waals surface area contributed by atoms with E-state index in [1.165, 1.54) is 36.0 Å². The van der Waals surface area contributed by atoms with E-state index in [1.54, 1.807) is 0 Å². The molecule has 4 rings (SSSR count). The van der Waals surface area contributed by atoms with Crippen molar-refractivity contribution in [3.63, 3.8) is 0 Å². The van der Waals surface area contributed by atoms with E-state index in [9.17, 15) is 4.79 Å². The third kappa shape index (κ3) is 2.78. The Bertz CT molecular complexity index is 823. The largest absolute Gasteiger partial charge is 0.356 e. The zero-order valence-electron chi connectivity index (χ0n) is 15.4. The van der Waals surface area contributed by atoms with Crippen LogP contribution in [0.15, 0.2) is 24.3 Å². The van der Waals surface area contributed by atoms with E-state index in [0.29, 0.717) is 17.8 Å². The Morgan fingerprint density at radius 3 is 2.92 bits per heavy atom. The van der Waals surface area contributed by atoms with Crippen LogP contribution in [0, 0.1) is 19.8 Å². The predicted octanol–water partition coefficient (Wildman–Crippen LogP) is 2.99. The van der Waals surface area contributed by atoms with Crippen molar-refractivity contribution in [1.29, 1.82) is 0 Å². The molecule has 132 valence electrons. The second-order valence-electron chi connectivity index (χ2n) is 7.79. The van der Waals surface area contributed by atoms with Gasteiger partial charge < -0.3 is 5.32 Å². The minimum atomic E-state index is 0.163. The van der Waals surface area contributed by atoms with E-state index in [2.05, 4.69) is 41.6 Å². The smallest absolute Gasteiger partial charge is 0.220 e. The van der Waals surface area contributed by atoms with Gasteiger partial charge in [0, 0.05) is 31.1 Å². The van der Waals surface area contributed by atoms with Crippen molar-refractivity contribution < 1.29 is 4.79 Å². The normalized spacial score (nSPS) is 23.7. The van der Waals surface area contributed by atoms with E-state index < -0.39 is 0 Å². The molecule has 25 heavy (non-hydrogen) atoms. The van der Waals surface area contributed by atoms with Gasteiger partial charge in [0.15, 0.2) is 0 Å². The maximum atomic E-state index is 12.3. The molecule has 4 nitrogen and oxygen atoms in total. The summed E-state index contributed by atoms with van der Waals surface area (Å²) < 4.78 is 1.90. The standard InChI is InChI=1S/C21H27N3O/c1-14-18(15(2)24(3)23-14)8-9-20(25)22-13-17-12-21(17)11-10-16-6-4-5-7-19(16)21/h4-7,17H,8-13H2,1-3H3,(H,22,25)/t17-,21+/m1/s1. The molecule has 1 N–H and O–H groups in total. The highest BCUT2D eigenvalue weighted by Gasteiger charge is 2.57. The lowest BCUT2D eigenvalue weighted by Crippen LogP contribution is -2.27. The molecule has 4 heteroatoms. The van der Waals surface area contributed by atoms with Crippen molar-refractivity contribution in [3.8, 4) is 0 Å². The summed E-state index contributed by atoms with van der Waals surface area (Å²) in [5.41, 5.74) is 6.82. The number of carbonyl (C=O) groups is 1. The lowest BCUT2D eigenvalue weighted by atomic mass is 9.95. The molecule has 2 aromatic rings. The van der Waals surface area contributed by atoms with Gasteiger partial charge in [0.1, 0.15) is 0 Å². The Morgan fingerprint density at radius 1 is 1.36 bits per heavy atom. The average molecular weight is 337 g/mol. The molecule has 1 aromatic carbocycles. The van der Waals surface area contributed by atoms with Gasteiger partial charge in [0.2, 0.25) is 5.91 Å². The molecule has 1 fully saturated rings. The Kier molecular flexibility index (Phi) is 3.94. The zero-order valence-corrected chi connectivity index (χ0v) is 15.4.